The van der Waals surface area contributed by atoms with E-state index in [-0.39, 0.29) is 5.69 Å². The van der Waals surface area contributed by atoms with E-state index in [2.05, 4.69) is 11.7 Å². The summed E-state index contributed by atoms with van der Waals surface area (Å²) in [6.07, 6.45) is 0. The Bertz CT molecular complexity index is 707. The van der Waals surface area contributed by atoms with Crippen LogP contribution in [-0.2, 0) is 7.05 Å². The number of carboxylic acid groups (broad SMARTS) is 1. The lowest BCUT2D eigenvalue weighted by molar-refractivity contribution is 0.0689. The second-order valence-electron chi connectivity index (χ2n) is 4.71. The Morgan fingerprint density at radius 1 is 1.52 bits per heavy atom. The van der Waals surface area contributed by atoms with Crippen LogP contribution in [0.3, 0.4) is 0 Å². The normalized spacial score (nSPS) is 10.4. The summed E-state index contributed by atoms with van der Waals surface area (Å²) in [5, 5.41) is 13.3. The molecule has 1 aromatic carbocycles. The number of aryl methyl sites for hydroxylation is 1. The molecule has 110 valence electrons. The Morgan fingerprint density at radius 3 is 2.81 bits per heavy atom. The molecular formula is C15H15ClN2O3. The fraction of sp³-hybridized carbons (Fsp3) is 0.200. The van der Waals surface area contributed by atoms with Gasteiger partial charge in [0.2, 0.25) is 0 Å². The van der Waals surface area contributed by atoms with Crippen molar-refractivity contribution in [2.24, 2.45) is 7.05 Å². The lowest BCUT2D eigenvalue weighted by Gasteiger charge is -2.11. The predicted molar refractivity (Wildman–Crippen MR) is 80.9 cm³/mol. The molecule has 1 heterocycles. The third-order valence-corrected chi connectivity index (χ3v) is 3.20. The Kier molecular flexibility index (Phi) is 4.33. The molecule has 0 aliphatic carbocycles. The largest absolute Gasteiger partial charge is 0.488 e. The number of rotatable bonds is 5. The van der Waals surface area contributed by atoms with Crippen LogP contribution in [-0.4, -0.2) is 27.5 Å². The summed E-state index contributed by atoms with van der Waals surface area (Å²) in [5.41, 5.74) is 2.12. The van der Waals surface area contributed by atoms with Gasteiger partial charge in [-0.15, -0.1) is 0 Å². The summed E-state index contributed by atoms with van der Waals surface area (Å²) in [7, 11) is 1.67. The van der Waals surface area contributed by atoms with E-state index in [4.69, 9.17) is 21.4 Å². The van der Waals surface area contributed by atoms with Crippen molar-refractivity contribution in [3.8, 4) is 17.0 Å². The molecule has 0 radical (unpaired) electrons. The van der Waals surface area contributed by atoms with Gasteiger partial charge in [0.05, 0.1) is 10.7 Å². The van der Waals surface area contributed by atoms with Crippen LogP contribution < -0.4 is 4.74 Å². The second-order valence-corrected chi connectivity index (χ2v) is 5.09. The monoisotopic (exact) mass is 306 g/mol. The molecule has 0 saturated heterocycles. The number of hydrogen-bond donors (Lipinski definition) is 1. The SMILES string of the molecule is C=C(C)COc1cccc(-c2cc(C(=O)O)nn2C)c1Cl. The maximum atomic E-state index is 11.0. The van der Waals surface area contributed by atoms with Gasteiger partial charge in [-0.1, -0.05) is 30.3 Å². The Labute approximate surface area is 127 Å². The van der Waals surface area contributed by atoms with E-state index in [0.29, 0.717) is 28.6 Å². The zero-order valence-electron chi connectivity index (χ0n) is 11.8. The van der Waals surface area contributed by atoms with E-state index in [0.717, 1.165) is 5.57 Å². The highest BCUT2D eigenvalue weighted by Gasteiger charge is 2.16. The molecule has 0 amide bonds. The van der Waals surface area contributed by atoms with Gasteiger partial charge in [0.25, 0.3) is 0 Å². The van der Waals surface area contributed by atoms with Crippen molar-refractivity contribution in [3.05, 3.63) is 47.1 Å². The fourth-order valence-electron chi connectivity index (χ4n) is 1.84. The number of ether oxygens (including phenoxy) is 1. The zero-order valence-corrected chi connectivity index (χ0v) is 12.5. The first-order valence-electron chi connectivity index (χ1n) is 6.23. The molecule has 0 saturated carbocycles. The molecule has 0 unspecified atom stereocenters. The summed E-state index contributed by atoms with van der Waals surface area (Å²) in [6, 6.07) is 6.82. The molecule has 0 aliphatic rings. The molecule has 6 heteroatoms. The van der Waals surface area contributed by atoms with Crippen LogP contribution in [0.1, 0.15) is 17.4 Å². The Morgan fingerprint density at radius 2 is 2.24 bits per heavy atom. The molecule has 0 spiro atoms. The number of aromatic carboxylic acids is 1. The minimum absolute atomic E-state index is 0.0307. The molecule has 2 aromatic rings. The minimum atomic E-state index is -1.08. The van der Waals surface area contributed by atoms with Crippen LogP contribution in [0, 0.1) is 0 Å². The van der Waals surface area contributed by atoms with Gasteiger partial charge in [-0.25, -0.2) is 4.79 Å². The Balaban J connectivity index is 2.42. The number of benzene rings is 1. The smallest absolute Gasteiger partial charge is 0.356 e. The van der Waals surface area contributed by atoms with Crippen LogP contribution in [0.25, 0.3) is 11.3 Å². The Hall–Kier alpha value is -2.27. The van der Waals surface area contributed by atoms with Gasteiger partial charge in [-0.05, 0) is 24.6 Å². The van der Waals surface area contributed by atoms with Crippen LogP contribution in [0.5, 0.6) is 5.75 Å². The van der Waals surface area contributed by atoms with Gasteiger partial charge < -0.3 is 9.84 Å². The molecule has 0 aliphatic heterocycles. The highest BCUT2D eigenvalue weighted by atomic mass is 35.5. The number of carboxylic acids is 1. The topological polar surface area (TPSA) is 64.3 Å². The summed E-state index contributed by atoms with van der Waals surface area (Å²) in [5.74, 6) is -0.557. The molecular weight excluding hydrogens is 292 g/mol. The first kappa shape index (κ1) is 15.1. The van der Waals surface area contributed by atoms with Gasteiger partial charge in [0, 0.05) is 12.6 Å². The summed E-state index contributed by atoms with van der Waals surface area (Å²) >= 11 is 6.34. The van der Waals surface area contributed by atoms with Crippen molar-refractivity contribution in [1.29, 1.82) is 0 Å². The quantitative estimate of drug-likeness (QED) is 0.860. The van der Waals surface area contributed by atoms with Crippen molar-refractivity contribution in [2.45, 2.75) is 6.92 Å². The molecule has 0 bridgehead atoms. The van der Waals surface area contributed by atoms with E-state index in [1.165, 1.54) is 10.7 Å². The highest BCUT2D eigenvalue weighted by molar-refractivity contribution is 6.34. The first-order valence-corrected chi connectivity index (χ1v) is 6.61. The number of aromatic nitrogens is 2. The van der Waals surface area contributed by atoms with E-state index < -0.39 is 5.97 Å². The van der Waals surface area contributed by atoms with Crippen LogP contribution in [0.4, 0.5) is 0 Å². The fourth-order valence-corrected chi connectivity index (χ4v) is 2.12. The standard InChI is InChI=1S/C15H15ClN2O3/c1-9(2)8-21-13-6-4-5-10(14(13)16)12-7-11(15(19)20)17-18(12)3/h4-7H,1,8H2,2-3H3,(H,19,20). The van der Waals surface area contributed by atoms with Gasteiger partial charge in [-0.2, -0.15) is 5.10 Å². The molecule has 0 atom stereocenters. The van der Waals surface area contributed by atoms with Gasteiger partial charge in [-0.3, -0.25) is 4.68 Å². The number of halogens is 1. The molecule has 0 fully saturated rings. The van der Waals surface area contributed by atoms with Crippen molar-refractivity contribution in [2.75, 3.05) is 6.61 Å². The van der Waals surface area contributed by atoms with E-state index >= 15 is 0 Å². The zero-order chi connectivity index (χ0) is 15.6. The van der Waals surface area contributed by atoms with Crippen LogP contribution >= 0.6 is 11.6 Å². The third kappa shape index (κ3) is 3.25. The number of carbonyl (C=O) groups is 1. The van der Waals surface area contributed by atoms with E-state index in [9.17, 15) is 4.79 Å². The lowest BCUT2D eigenvalue weighted by atomic mass is 10.1. The maximum Gasteiger partial charge on any atom is 0.356 e. The number of nitrogens with zero attached hydrogens (tertiary/aromatic N) is 2. The van der Waals surface area contributed by atoms with Crippen LogP contribution in [0.15, 0.2) is 36.4 Å². The van der Waals surface area contributed by atoms with Gasteiger partial charge >= 0.3 is 5.97 Å². The van der Waals surface area contributed by atoms with Gasteiger partial charge in [0.15, 0.2) is 5.69 Å². The average Bonchev–Trinajstić information content (AvgIpc) is 2.80. The lowest BCUT2D eigenvalue weighted by Crippen LogP contribution is -2.00. The summed E-state index contributed by atoms with van der Waals surface area (Å²) in [4.78, 5) is 11.0. The maximum absolute atomic E-state index is 11.0. The number of hydrogen-bond acceptors (Lipinski definition) is 3. The van der Waals surface area contributed by atoms with E-state index in [1.54, 1.807) is 25.2 Å². The predicted octanol–water partition coefficient (Wildman–Crippen LogP) is 3.39. The molecule has 1 N–H and O–H groups in total. The first-order chi connectivity index (χ1) is 9.90. The average molecular weight is 307 g/mol. The minimum Gasteiger partial charge on any atom is -0.488 e. The molecule has 1 aromatic heterocycles. The van der Waals surface area contributed by atoms with Crippen molar-refractivity contribution >= 4 is 17.6 Å². The van der Waals surface area contributed by atoms with Gasteiger partial charge in [0.1, 0.15) is 12.4 Å². The van der Waals surface area contributed by atoms with Crippen molar-refractivity contribution in [3.63, 3.8) is 0 Å². The third-order valence-electron chi connectivity index (χ3n) is 2.81. The van der Waals surface area contributed by atoms with E-state index in [1.807, 2.05) is 6.92 Å². The summed E-state index contributed by atoms with van der Waals surface area (Å²) in [6.45, 7) is 6.00. The molecule has 21 heavy (non-hydrogen) atoms. The second kappa shape index (κ2) is 6.01. The molecule has 2 rings (SSSR count). The summed E-state index contributed by atoms with van der Waals surface area (Å²) < 4.78 is 7.06. The van der Waals surface area contributed by atoms with Crippen molar-refractivity contribution < 1.29 is 14.6 Å². The van der Waals surface area contributed by atoms with Crippen molar-refractivity contribution in [1.82, 2.24) is 9.78 Å². The van der Waals surface area contributed by atoms with Crippen LogP contribution in [0.2, 0.25) is 5.02 Å². The molecule has 5 nitrogen and oxygen atoms in total. The highest BCUT2D eigenvalue weighted by Crippen LogP contribution is 2.35.